The molecule has 2 amide bonds. The van der Waals surface area contributed by atoms with E-state index in [-0.39, 0.29) is 18.2 Å². The molecule has 1 fully saturated rings. The molecule has 0 radical (unpaired) electrons. The molecule has 2 aromatic carbocycles. The number of benzene rings is 2. The van der Waals surface area contributed by atoms with Crippen LogP contribution in [0.3, 0.4) is 0 Å². The Morgan fingerprint density at radius 1 is 1.09 bits per heavy atom. The van der Waals surface area contributed by atoms with Gasteiger partial charge in [-0.2, -0.15) is 5.10 Å². The molecule has 1 aliphatic heterocycles. The fourth-order valence-electron chi connectivity index (χ4n) is 4.50. The van der Waals surface area contributed by atoms with E-state index >= 15 is 0 Å². The molecule has 0 aliphatic carbocycles. The Labute approximate surface area is 211 Å². The maximum atomic E-state index is 13.7. The molecule has 182 valence electrons. The van der Waals surface area contributed by atoms with Gasteiger partial charge in [0.15, 0.2) is 5.11 Å². The zero-order chi connectivity index (χ0) is 25.4. The summed E-state index contributed by atoms with van der Waals surface area (Å²) >= 11 is 5.86. The molecular weight excluding hydrogens is 458 g/mol. The summed E-state index contributed by atoms with van der Waals surface area (Å²) in [6.07, 6.45) is 0.0553. The summed E-state index contributed by atoms with van der Waals surface area (Å²) in [6.45, 7) is 10.3. The van der Waals surface area contributed by atoms with Crippen LogP contribution in [-0.2, 0) is 23.2 Å². The minimum absolute atomic E-state index is 0.0553. The Morgan fingerprint density at radius 2 is 1.80 bits per heavy atom. The van der Waals surface area contributed by atoms with Crippen LogP contribution in [0.5, 0.6) is 0 Å². The van der Waals surface area contributed by atoms with Gasteiger partial charge in [-0.05, 0) is 81.7 Å². The van der Waals surface area contributed by atoms with Crippen LogP contribution in [0.4, 0.5) is 11.4 Å². The lowest BCUT2D eigenvalue weighted by Gasteiger charge is -2.31. The highest BCUT2D eigenvalue weighted by Crippen LogP contribution is 2.29. The van der Waals surface area contributed by atoms with Crippen LogP contribution in [0, 0.1) is 34.6 Å². The second kappa shape index (κ2) is 9.62. The largest absolute Gasteiger partial charge is 0.332 e. The summed E-state index contributed by atoms with van der Waals surface area (Å²) in [5.74, 6) is -0.505. The van der Waals surface area contributed by atoms with Gasteiger partial charge >= 0.3 is 0 Å². The maximum absolute atomic E-state index is 13.7. The molecule has 1 aliphatic rings. The Hall–Kier alpha value is -3.52. The average molecular weight is 490 g/mol. The van der Waals surface area contributed by atoms with Gasteiger partial charge in [-0.25, -0.2) is 4.90 Å². The number of aryl methyl sites for hydroxylation is 5. The Kier molecular flexibility index (Phi) is 6.76. The molecule has 8 heteroatoms. The zero-order valence-corrected chi connectivity index (χ0v) is 21.9. The SMILES string of the molecule is Cc1cccc(N2C(=O)CC(N(Cc3c(C)nn(C)c3C)C(=S)Nc3cc(C)ccc3C)C2=O)c1. The monoisotopic (exact) mass is 489 g/mol. The standard InChI is InChI=1S/C27H31N5O2S/c1-16-8-7-9-21(12-16)32-25(33)14-24(26(32)34)31(15-22-19(4)29-30(6)20(22)5)27(35)28-23-13-17(2)10-11-18(23)3/h7-13,24H,14-15H2,1-6H3,(H,28,35). The number of thiocarbonyl (C=S) groups is 1. The van der Waals surface area contributed by atoms with Crippen LogP contribution in [-0.4, -0.2) is 37.6 Å². The topological polar surface area (TPSA) is 70.5 Å². The zero-order valence-electron chi connectivity index (χ0n) is 21.0. The van der Waals surface area contributed by atoms with Crippen LogP contribution in [0.1, 0.15) is 40.1 Å². The van der Waals surface area contributed by atoms with Crippen molar-refractivity contribution >= 4 is 40.5 Å². The molecule has 3 aromatic rings. The number of anilines is 2. The van der Waals surface area contributed by atoms with E-state index in [9.17, 15) is 9.59 Å². The van der Waals surface area contributed by atoms with E-state index in [0.29, 0.717) is 17.3 Å². The van der Waals surface area contributed by atoms with Crippen molar-refractivity contribution in [3.63, 3.8) is 0 Å². The van der Waals surface area contributed by atoms with Gasteiger partial charge in [0, 0.05) is 30.5 Å². The van der Waals surface area contributed by atoms with Gasteiger partial charge in [0.25, 0.3) is 5.91 Å². The second-order valence-electron chi connectivity index (χ2n) is 9.28. The van der Waals surface area contributed by atoms with E-state index in [4.69, 9.17) is 12.2 Å². The fraction of sp³-hybridized carbons (Fsp3) is 0.333. The predicted molar refractivity (Wildman–Crippen MR) is 142 cm³/mol. The lowest BCUT2D eigenvalue weighted by atomic mass is 10.1. The molecule has 0 saturated carbocycles. The van der Waals surface area contributed by atoms with Gasteiger partial charge in [0.2, 0.25) is 5.91 Å². The molecule has 1 atom stereocenters. The molecular formula is C27H31N5O2S. The molecule has 7 nitrogen and oxygen atoms in total. The Morgan fingerprint density at radius 3 is 2.46 bits per heavy atom. The number of hydrogen-bond acceptors (Lipinski definition) is 4. The molecule has 0 spiro atoms. The first-order valence-electron chi connectivity index (χ1n) is 11.6. The number of hydrogen-bond donors (Lipinski definition) is 1. The van der Waals surface area contributed by atoms with E-state index in [1.54, 1.807) is 6.07 Å². The van der Waals surface area contributed by atoms with Crippen molar-refractivity contribution in [2.75, 3.05) is 10.2 Å². The molecule has 1 unspecified atom stereocenters. The van der Waals surface area contributed by atoms with Gasteiger partial charge in [-0.3, -0.25) is 14.3 Å². The summed E-state index contributed by atoms with van der Waals surface area (Å²) in [4.78, 5) is 29.9. The van der Waals surface area contributed by atoms with E-state index in [1.807, 2.05) is 87.6 Å². The van der Waals surface area contributed by atoms with E-state index < -0.39 is 6.04 Å². The van der Waals surface area contributed by atoms with Gasteiger partial charge in [-0.1, -0.05) is 24.3 Å². The molecule has 4 rings (SSSR count). The molecule has 0 bridgehead atoms. The third-order valence-electron chi connectivity index (χ3n) is 6.64. The maximum Gasteiger partial charge on any atom is 0.257 e. The molecule has 35 heavy (non-hydrogen) atoms. The highest BCUT2D eigenvalue weighted by Gasteiger charge is 2.44. The third-order valence-corrected chi connectivity index (χ3v) is 6.98. The first-order chi connectivity index (χ1) is 16.6. The van der Waals surface area contributed by atoms with Crippen molar-refractivity contribution in [1.82, 2.24) is 14.7 Å². The molecule has 2 heterocycles. The van der Waals surface area contributed by atoms with Crippen molar-refractivity contribution in [1.29, 1.82) is 0 Å². The van der Waals surface area contributed by atoms with E-state index in [1.165, 1.54) is 4.90 Å². The normalized spacial score (nSPS) is 15.6. The van der Waals surface area contributed by atoms with Crippen molar-refractivity contribution in [3.8, 4) is 0 Å². The summed E-state index contributed by atoms with van der Waals surface area (Å²) in [7, 11) is 1.90. The third kappa shape index (κ3) is 4.84. The van der Waals surface area contributed by atoms with Crippen LogP contribution in [0.25, 0.3) is 0 Å². The van der Waals surface area contributed by atoms with Crippen molar-refractivity contribution in [2.45, 2.75) is 53.6 Å². The lowest BCUT2D eigenvalue weighted by molar-refractivity contribution is -0.122. The first-order valence-corrected chi connectivity index (χ1v) is 12.0. The molecule has 1 saturated heterocycles. The van der Waals surface area contributed by atoms with Crippen molar-refractivity contribution < 1.29 is 9.59 Å². The van der Waals surface area contributed by atoms with Crippen LogP contribution in [0.15, 0.2) is 42.5 Å². The second-order valence-corrected chi connectivity index (χ2v) is 9.66. The number of nitrogens with zero attached hydrogens (tertiary/aromatic N) is 4. The number of carbonyl (C=O) groups excluding carboxylic acids is 2. The van der Waals surface area contributed by atoms with Crippen molar-refractivity contribution in [3.05, 3.63) is 76.1 Å². The quantitative estimate of drug-likeness (QED) is 0.421. The Bertz CT molecular complexity index is 1330. The predicted octanol–water partition coefficient (Wildman–Crippen LogP) is 4.49. The van der Waals surface area contributed by atoms with Gasteiger partial charge < -0.3 is 10.2 Å². The number of amides is 2. The number of aromatic nitrogens is 2. The minimum Gasteiger partial charge on any atom is -0.332 e. The summed E-state index contributed by atoms with van der Waals surface area (Å²) in [5, 5.41) is 8.27. The first kappa shape index (κ1) is 24.6. The number of imide groups is 1. The van der Waals surface area contributed by atoms with Crippen LogP contribution < -0.4 is 10.2 Å². The number of carbonyl (C=O) groups is 2. The lowest BCUT2D eigenvalue weighted by Crippen LogP contribution is -2.47. The van der Waals surface area contributed by atoms with Crippen LogP contribution in [0.2, 0.25) is 0 Å². The highest BCUT2D eigenvalue weighted by molar-refractivity contribution is 7.80. The molecule has 1 aromatic heterocycles. The summed E-state index contributed by atoms with van der Waals surface area (Å²) < 4.78 is 1.82. The molecule has 1 N–H and O–H groups in total. The summed E-state index contributed by atoms with van der Waals surface area (Å²) in [6, 6.07) is 12.8. The minimum atomic E-state index is -0.716. The smallest absolute Gasteiger partial charge is 0.257 e. The fourth-order valence-corrected chi connectivity index (χ4v) is 4.80. The Balaban J connectivity index is 1.71. The summed E-state index contributed by atoms with van der Waals surface area (Å²) in [5.41, 5.74) is 7.46. The van der Waals surface area contributed by atoms with Gasteiger partial charge in [0.05, 0.1) is 17.8 Å². The van der Waals surface area contributed by atoms with Gasteiger partial charge in [-0.15, -0.1) is 0 Å². The average Bonchev–Trinajstić information content (AvgIpc) is 3.22. The highest BCUT2D eigenvalue weighted by atomic mass is 32.1. The van der Waals surface area contributed by atoms with E-state index in [0.717, 1.165) is 39.3 Å². The van der Waals surface area contributed by atoms with E-state index in [2.05, 4.69) is 10.4 Å². The van der Waals surface area contributed by atoms with Crippen molar-refractivity contribution in [2.24, 2.45) is 7.05 Å². The number of rotatable bonds is 5. The van der Waals surface area contributed by atoms with Gasteiger partial charge in [0.1, 0.15) is 6.04 Å². The number of nitrogens with one attached hydrogen (secondary N) is 1. The van der Waals surface area contributed by atoms with Crippen LogP contribution >= 0.6 is 12.2 Å².